The van der Waals surface area contributed by atoms with E-state index in [1.54, 1.807) is 0 Å². The maximum Gasteiger partial charge on any atom is 0.326 e. The third-order valence-electron chi connectivity index (χ3n) is 14.1. The summed E-state index contributed by atoms with van der Waals surface area (Å²) in [6.45, 7) is 56.6. The molecule has 1 unspecified atom stereocenters. The number of benzene rings is 6. The molecule has 0 aliphatic carbocycles. The molecule has 0 saturated carbocycles. The molecule has 0 aliphatic rings. The summed E-state index contributed by atoms with van der Waals surface area (Å²) < 4.78 is 28.9. The summed E-state index contributed by atoms with van der Waals surface area (Å²) in [5.41, 5.74) is 12.5. The van der Waals surface area contributed by atoms with Crippen molar-refractivity contribution in [2.45, 2.75) is 216 Å². The summed E-state index contributed by atoms with van der Waals surface area (Å²) in [5, 5.41) is 1.98. The van der Waals surface area contributed by atoms with Gasteiger partial charge in [-0.25, -0.2) is 0 Å². The number of aryl methyl sites for hydroxylation is 1. The maximum atomic E-state index is 7.28. The van der Waals surface area contributed by atoms with E-state index in [2.05, 4.69) is 288 Å². The van der Waals surface area contributed by atoms with Gasteiger partial charge in [0.2, 0.25) is 0 Å². The van der Waals surface area contributed by atoms with Crippen LogP contribution in [-0.4, -0.2) is 0 Å². The van der Waals surface area contributed by atoms with Crippen molar-refractivity contribution < 1.29 is 18.1 Å². The highest BCUT2D eigenvalue weighted by Crippen LogP contribution is 2.50. The second-order valence-corrected chi connectivity index (χ2v) is 32.1. The van der Waals surface area contributed by atoms with Gasteiger partial charge in [-0.1, -0.05) is 233 Å². The summed E-state index contributed by atoms with van der Waals surface area (Å²) in [7, 11) is -3.27. The van der Waals surface area contributed by atoms with Crippen molar-refractivity contribution in [3.05, 3.63) is 165 Å². The summed E-state index contributed by atoms with van der Waals surface area (Å²) in [6, 6.07) is 42.2. The Morgan fingerprint density at radius 3 is 0.760 bits per heavy atom. The van der Waals surface area contributed by atoms with Gasteiger partial charge < -0.3 is 18.1 Å². The molecule has 0 saturated heterocycles. The SMILES string of the molecule is Cc1cc(OP(Oc2ccc(C(C)(C)C)cc2C(C)(C)C)c2ccc(-c3ccc(P(Oc4ccc(C(C)(C)C)cc4C(C)(C)C)Oc4ccc(C(C)(C)C)cc4C(C)(C)C)cc3)cc2)c(C(C)(C)C)cc1C(C)(C)C. The van der Waals surface area contributed by atoms with Crippen LogP contribution >= 0.6 is 16.8 Å². The van der Waals surface area contributed by atoms with Gasteiger partial charge in [0.15, 0.2) is 0 Å². The van der Waals surface area contributed by atoms with E-state index < -0.39 is 16.8 Å². The molecule has 1 atom stereocenters. The Morgan fingerprint density at radius 2 is 0.507 bits per heavy atom. The average Bonchev–Trinajstić information content (AvgIpc) is 3.26. The van der Waals surface area contributed by atoms with Crippen LogP contribution in [0.4, 0.5) is 0 Å². The molecule has 404 valence electrons. The molecule has 0 bridgehead atoms. The van der Waals surface area contributed by atoms with E-state index in [1.165, 1.54) is 38.9 Å². The van der Waals surface area contributed by atoms with Gasteiger partial charge in [-0.05, 0) is 138 Å². The van der Waals surface area contributed by atoms with Crippen LogP contribution in [0.3, 0.4) is 0 Å². The zero-order valence-corrected chi connectivity index (χ0v) is 52.8. The standard InChI is InChI=1S/C69H94O4P2/c1-45-40-61(57(69(23,24)25)44-53(45)65(11,12)13)73-75(72-60-39-32-50(64(8,9)10)43-56(60)68(20,21)22)52-35-28-47(29-36-52)46-26-33-51(34-27-46)74(70-58-37-30-48(62(2,3)4)41-54(58)66(14,15)16)71-59-38-31-49(63(5,6)7)42-55(59)67(17,18)19/h26-44H,1-25H3. The largest absolute Gasteiger partial charge is 0.435 e. The lowest BCUT2D eigenvalue weighted by Crippen LogP contribution is -2.20. The van der Waals surface area contributed by atoms with E-state index in [0.29, 0.717) is 0 Å². The lowest BCUT2D eigenvalue weighted by atomic mass is 9.78. The van der Waals surface area contributed by atoms with Gasteiger partial charge in [-0.3, -0.25) is 0 Å². The Balaban J connectivity index is 1.44. The zero-order valence-electron chi connectivity index (χ0n) is 51.0. The van der Waals surface area contributed by atoms with Gasteiger partial charge >= 0.3 is 16.8 Å². The second kappa shape index (κ2) is 21.3. The number of hydrogen-bond donors (Lipinski definition) is 0. The molecule has 6 heteroatoms. The van der Waals surface area contributed by atoms with Crippen molar-refractivity contribution >= 4 is 27.4 Å². The molecule has 0 radical (unpaired) electrons. The lowest BCUT2D eigenvalue weighted by molar-refractivity contribution is 0.465. The lowest BCUT2D eigenvalue weighted by Gasteiger charge is -2.31. The van der Waals surface area contributed by atoms with E-state index in [-0.39, 0.29) is 43.3 Å². The van der Waals surface area contributed by atoms with E-state index >= 15 is 0 Å². The van der Waals surface area contributed by atoms with E-state index in [1.807, 2.05) is 0 Å². The fourth-order valence-electron chi connectivity index (χ4n) is 9.29. The molecule has 4 nitrogen and oxygen atoms in total. The van der Waals surface area contributed by atoms with Crippen LogP contribution in [0.15, 0.2) is 115 Å². The van der Waals surface area contributed by atoms with Crippen LogP contribution in [-0.2, 0) is 43.3 Å². The molecule has 6 rings (SSSR count). The molecule has 0 aliphatic heterocycles. The van der Waals surface area contributed by atoms with Crippen LogP contribution in [0.5, 0.6) is 23.0 Å². The molecule has 0 spiro atoms. The quantitative estimate of drug-likeness (QED) is 0.121. The van der Waals surface area contributed by atoms with Crippen LogP contribution in [0.2, 0.25) is 0 Å². The molecule has 0 fully saturated rings. The topological polar surface area (TPSA) is 36.9 Å². The first-order chi connectivity index (χ1) is 34.1. The zero-order chi connectivity index (χ0) is 56.2. The van der Waals surface area contributed by atoms with E-state index in [0.717, 1.165) is 55.9 Å². The molecule has 0 N–H and O–H groups in total. The fraction of sp³-hybridized carbons (Fsp3) is 0.478. The Hall–Kier alpha value is -4.62. The predicted molar refractivity (Wildman–Crippen MR) is 328 cm³/mol. The van der Waals surface area contributed by atoms with Crippen LogP contribution in [0.25, 0.3) is 11.1 Å². The number of rotatable bonds is 11. The van der Waals surface area contributed by atoms with Crippen LogP contribution in [0, 0.1) is 6.92 Å². The van der Waals surface area contributed by atoms with Gasteiger partial charge in [-0.2, -0.15) is 0 Å². The average molecular weight is 1050 g/mol. The highest BCUT2D eigenvalue weighted by Gasteiger charge is 2.33. The van der Waals surface area contributed by atoms with Crippen molar-refractivity contribution in [1.29, 1.82) is 0 Å². The molecule has 0 heterocycles. The van der Waals surface area contributed by atoms with Crippen molar-refractivity contribution in [3.63, 3.8) is 0 Å². The first kappa shape index (κ1) is 59.6. The van der Waals surface area contributed by atoms with Crippen LogP contribution < -0.4 is 28.7 Å². The molecule has 6 aromatic carbocycles. The Kier molecular flexibility index (Phi) is 16.9. The molecule has 6 aromatic rings. The number of hydrogen-bond acceptors (Lipinski definition) is 4. The first-order valence-electron chi connectivity index (χ1n) is 27.3. The molecule has 0 aromatic heterocycles. The maximum absolute atomic E-state index is 7.28. The summed E-state index contributed by atoms with van der Waals surface area (Å²) in [6.07, 6.45) is 0. The highest BCUT2D eigenvalue weighted by molar-refractivity contribution is 7.57. The van der Waals surface area contributed by atoms with Crippen molar-refractivity contribution in [1.82, 2.24) is 0 Å². The van der Waals surface area contributed by atoms with Crippen molar-refractivity contribution in [2.24, 2.45) is 0 Å². The minimum Gasteiger partial charge on any atom is -0.435 e. The van der Waals surface area contributed by atoms with Gasteiger partial charge in [0.1, 0.15) is 23.0 Å². The fourth-order valence-corrected chi connectivity index (χ4v) is 11.9. The van der Waals surface area contributed by atoms with Crippen molar-refractivity contribution in [2.75, 3.05) is 0 Å². The molecule has 75 heavy (non-hydrogen) atoms. The van der Waals surface area contributed by atoms with Gasteiger partial charge in [0.25, 0.3) is 0 Å². The Bertz CT molecular complexity index is 2860. The minimum atomic E-state index is -1.64. The third-order valence-corrected chi connectivity index (χ3v) is 17.0. The van der Waals surface area contributed by atoms with Crippen molar-refractivity contribution in [3.8, 4) is 34.1 Å². The van der Waals surface area contributed by atoms with Gasteiger partial charge in [0.05, 0.1) is 10.6 Å². The minimum absolute atomic E-state index is 0.00632. The highest BCUT2D eigenvalue weighted by atomic mass is 31.2. The van der Waals surface area contributed by atoms with Crippen LogP contribution in [0.1, 0.15) is 216 Å². The van der Waals surface area contributed by atoms with Gasteiger partial charge in [0, 0.05) is 22.3 Å². The monoisotopic (exact) mass is 1050 g/mol. The summed E-state index contributed by atoms with van der Waals surface area (Å²) >= 11 is 0. The predicted octanol–water partition coefficient (Wildman–Crippen LogP) is 20.2. The Morgan fingerprint density at radius 1 is 0.253 bits per heavy atom. The Labute approximate surface area is 459 Å². The summed E-state index contributed by atoms with van der Waals surface area (Å²) in [4.78, 5) is 0. The second-order valence-electron chi connectivity index (χ2n) is 29.3. The third kappa shape index (κ3) is 14.7. The first-order valence-corrected chi connectivity index (χ1v) is 29.6. The molecular weight excluding hydrogens is 955 g/mol. The van der Waals surface area contributed by atoms with Gasteiger partial charge in [-0.15, -0.1) is 0 Å². The van der Waals surface area contributed by atoms with E-state index in [9.17, 15) is 0 Å². The van der Waals surface area contributed by atoms with E-state index in [4.69, 9.17) is 18.1 Å². The summed E-state index contributed by atoms with van der Waals surface area (Å²) in [5.74, 6) is 3.41. The molecule has 0 amide bonds. The molecular formula is C69H94O4P2. The normalized spacial score (nSPS) is 13.7. The smallest absolute Gasteiger partial charge is 0.326 e.